The summed E-state index contributed by atoms with van der Waals surface area (Å²) in [5.41, 5.74) is 2.29. The Morgan fingerprint density at radius 2 is 1.90 bits per heavy atom. The first-order chi connectivity index (χ1) is 18.8. The maximum atomic E-state index is 13.3. The quantitative estimate of drug-likeness (QED) is 0.192. The minimum absolute atomic E-state index is 0.0135. The molecule has 2 fully saturated rings. The molecular weight excluding hydrogens is 508 g/mol. The topological polar surface area (TPSA) is 108 Å². The Labute approximate surface area is 236 Å². The number of amides is 1. The maximum absolute atomic E-state index is 13.3. The summed E-state index contributed by atoms with van der Waals surface area (Å²) in [6.45, 7) is 10.7. The molecule has 1 amide bonds. The van der Waals surface area contributed by atoms with Crippen molar-refractivity contribution in [1.29, 1.82) is 0 Å². The highest BCUT2D eigenvalue weighted by atomic mass is 16.9. The van der Waals surface area contributed by atoms with Crippen molar-refractivity contribution in [3.05, 3.63) is 63.2 Å². The van der Waals surface area contributed by atoms with Gasteiger partial charge in [0.1, 0.15) is 12.4 Å². The van der Waals surface area contributed by atoms with Crippen molar-refractivity contribution in [1.82, 2.24) is 5.32 Å². The summed E-state index contributed by atoms with van der Waals surface area (Å²) in [6.07, 6.45) is 11.2. The molecule has 8 heteroatoms. The monoisotopic (exact) mass is 550 g/mol. The first-order valence-corrected chi connectivity index (χ1v) is 14.6. The molecule has 216 valence electrons. The Kier molecular flexibility index (Phi) is 7.34. The number of hydrogen-bond donors (Lipinski definition) is 1. The Balaban J connectivity index is 1.30. The minimum Gasteiger partial charge on any atom is -0.423 e. The Morgan fingerprint density at radius 3 is 2.62 bits per heavy atom. The number of esters is 1. The van der Waals surface area contributed by atoms with Gasteiger partial charge >= 0.3 is 5.97 Å². The predicted molar refractivity (Wildman–Crippen MR) is 150 cm³/mol. The summed E-state index contributed by atoms with van der Waals surface area (Å²) in [7, 11) is 0. The number of benzene rings is 1. The summed E-state index contributed by atoms with van der Waals surface area (Å²) in [4.78, 5) is 41.3. The summed E-state index contributed by atoms with van der Waals surface area (Å²) < 4.78 is 5.66. The first-order valence-electron chi connectivity index (χ1n) is 14.6. The number of ether oxygens (including phenoxy) is 1. The van der Waals surface area contributed by atoms with Crippen molar-refractivity contribution in [2.45, 2.75) is 91.7 Å². The van der Waals surface area contributed by atoms with E-state index in [0.29, 0.717) is 41.1 Å². The third-order valence-corrected chi connectivity index (χ3v) is 10.3. The van der Waals surface area contributed by atoms with Gasteiger partial charge in [-0.15, -0.1) is 10.1 Å². The summed E-state index contributed by atoms with van der Waals surface area (Å²) >= 11 is 0. The van der Waals surface area contributed by atoms with Gasteiger partial charge in [-0.1, -0.05) is 32.1 Å². The maximum Gasteiger partial charge on any atom is 0.339 e. The molecule has 5 rings (SSSR count). The van der Waals surface area contributed by atoms with Crippen LogP contribution in [-0.2, 0) is 21.0 Å². The number of allylic oxidation sites excluding steroid dienone is 3. The average Bonchev–Trinajstić information content (AvgIpc) is 3.23. The van der Waals surface area contributed by atoms with Gasteiger partial charge in [-0.05, 0) is 124 Å². The number of rotatable bonds is 6. The molecule has 0 radical (unpaired) electrons. The molecule has 6 atom stereocenters. The van der Waals surface area contributed by atoms with Crippen LogP contribution in [0.4, 0.5) is 0 Å². The van der Waals surface area contributed by atoms with E-state index >= 15 is 0 Å². The van der Waals surface area contributed by atoms with Crippen LogP contribution in [0.25, 0.3) is 0 Å². The van der Waals surface area contributed by atoms with E-state index in [1.54, 1.807) is 24.3 Å². The fraction of sp³-hybridized carbons (Fsp3) is 0.625. The molecule has 8 nitrogen and oxygen atoms in total. The molecule has 4 aliphatic carbocycles. The van der Waals surface area contributed by atoms with E-state index in [9.17, 15) is 19.7 Å². The Bertz CT molecular complexity index is 1260. The van der Waals surface area contributed by atoms with Crippen LogP contribution in [0.15, 0.2) is 47.6 Å². The highest BCUT2D eigenvalue weighted by Gasteiger charge is 2.59. The molecule has 40 heavy (non-hydrogen) atoms. The zero-order chi connectivity index (χ0) is 28.9. The largest absolute Gasteiger partial charge is 0.423 e. The van der Waals surface area contributed by atoms with Crippen molar-refractivity contribution in [3.63, 3.8) is 0 Å². The van der Waals surface area contributed by atoms with Crippen LogP contribution in [0, 0.1) is 44.6 Å². The fourth-order valence-electron chi connectivity index (χ4n) is 8.37. The molecule has 0 heterocycles. The van der Waals surface area contributed by atoms with Crippen molar-refractivity contribution in [2.24, 2.45) is 34.5 Å². The van der Waals surface area contributed by atoms with Gasteiger partial charge < -0.3 is 14.9 Å². The van der Waals surface area contributed by atoms with Crippen LogP contribution in [0.3, 0.4) is 0 Å². The smallest absolute Gasteiger partial charge is 0.339 e. The van der Waals surface area contributed by atoms with Crippen molar-refractivity contribution >= 4 is 11.9 Å². The molecule has 1 aromatic carbocycles. The lowest BCUT2D eigenvalue weighted by molar-refractivity contribution is -0.763. The van der Waals surface area contributed by atoms with E-state index in [0.717, 1.165) is 38.5 Å². The summed E-state index contributed by atoms with van der Waals surface area (Å²) in [5, 5.41) is 12.9. The molecule has 0 aromatic heterocycles. The van der Waals surface area contributed by atoms with Crippen LogP contribution >= 0.6 is 0 Å². The summed E-state index contributed by atoms with van der Waals surface area (Å²) in [6, 6.07) is 6.64. The van der Waals surface area contributed by atoms with Crippen molar-refractivity contribution in [3.8, 4) is 5.75 Å². The van der Waals surface area contributed by atoms with E-state index in [1.807, 2.05) is 6.08 Å². The standard InChI is InChI=1S/C32H42N2O6/c1-30(2,3)33-28(35)27-12-11-25-24-10-9-22-18-21(13-15-31(22,4)26(24)14-16-32(25,27)5)29(36)40-23-8-6-7-20(17-23)19-39-34(37)38/h6-9,17-18,24-27H,10-16,19H2,1-5H3,(H,33,35)/t24-,25-,26-,27+,31-,32-/m0/s1. The molecule has 0 saturated heterocycles. The van der Waals surface area contributed by atoms with Gasteiger partial charge in [-0.25, -0.2) is 4.79 Å². The third-order valence-electron chi connectivity index (χ3n) is 10.3. The van der Waals surface area contributed by atoms with Crippen LogP contribution in [0.5, 0.6) is 5.75 Å². The highest BCUT2D eigenvalue weighted by molar-refractivity contribution is 5.91. The minimum atomic E-state index is -0.841. The molecule has 0 unspecified atom stereocenters. The highest BCUT2D eigenvalue weighted by Crippen LogP contribution is 2.66. The SMILES string of the molecule is CC(C)(C)NC(=O)[C@H]1CC[C@H]2[C@@H]3CC=C4C=C(C(=O)Oc5cccc(CO[N+](=O)[O-])c5)CC[C@]4(C)[C@H]3CC[C@]12C. The van der Waals surface area contributed by atoms with Gasteiger partial charge in [0.2, 0.25) is 5.91 Å². The molecule has 4 aliphatic rings. The second kappa shape index (κ2) is 10.3. The van der Waals surface area contributed by atoms with Gasteiger partial charge in [0.25, 0.3) is 5.09 Å². The number of carbonyl (C=O) groups is 2. The second-order valence-electron chi connectivity index (χ2n) is 13.8. The van der Waals surface area contributed by atoms with Crippen molar-refractivity contribution in [2.75, 3.05) is 0 Å². The van der Waals surface area contributed by atoms with Gasteiger partial charge in [0.15, 0.2) is 0 Å². The van der Waals surface area contributed by atoms with Gasteiger partial charge in [0, 0.05) is 17.0 Å². The Morgan fingerprint density at radius 1 is 1.12 bits per heavy atom. The number of nitrogens with zero attached hydrogens (tertiary/aromatic N) is 1. The second-order valence-corrected chi connectivity index (χ2v) is 13.8. The molecule has 1 N–H and O–H groups in total. The predicted octanol–water partition coefficient (Wildman–Crippen LogP) is 6.33. The average molecular weight is 551 g/mol. The zero-order valence-electron chi connectivity index (χ0n) is 24.3. The van der Waals surface area contributed by atoms with E-state index < -0.39 is 5.09 Å². The van der Waals surface area contributed by atoms with E-state index in [4.69, 9.17) is 4.74 Å². The van der Waals surface area contributed by atoms with E-state index in [-0.39, 0.29) is 40.8 Å². The lowest BCUT2D eigenvalue weighted by Gasteiger charge is -2.57. The van der Waals surface area contributed by atoms with Crippen LogP contribution in [0.2, 0.25) is 0 Å². The molecule has 0 spiro atoms. The third kappa shape index (κ3) is 5.29. The van der Waals surface area contributed by atoms with Gasteiger partial charge in [-0.3, -0.25) is 4.79 Å². The molecule has 1 aromatic rings. The Hall–Kier alpha value is -3.16. The number of nitrogens with one attached hydrogen (secondary N) is 1. The molecule has 0 bridgehead atoms. The van der Waals surface area contributed by atoms with Gasteiger partial charge in [-0.2, -0.15) is 0 Å². The fourth-order valence-corrected chi connectivity index (χ4v) is 8.37. The van der Waals surface area contributed by atoms with Gasteiger partial charge in [0.05, 0.1) is 0 Å². The molecule has 0 aliphatic heterocycles. The van der Waals surface area contributed by atoms with Crippen molar-refractivity contribution < 1.29 is 24.3 Å². The first kappa shape index (κ1) is 28.4. The zero-order valence-corrected chi connectivity index (χ0v) is 24.3. The van der Waals surface area contributed by atoms with Crippen LogP contribution in [0.1, 0.15) is 85.1 Å². The van der Waals surface area contributed by atoms with E-state index in [1.165, 1.54) is 5.57 Å². The van der Waals surface area contributed by atoms with Crippen LogP contribution < -0.4 is 10.1 Å². The molecule has 2 saturated carbocycles. The van der Waals surface area contributed by atoms with Crippen LogP contribution in [-0.4, -0.2) is 22.5 Å². The van der Waals surface area contributed by atoms with E-state index in [2.05, 4.69) is 50.8 Å². The lowest BCUT2D eigenvalue weighted by Crippen LogP contribution is -2.52. The number of hydrogen-bond acceptors (Lipinski definition) is 6. The number of fused-ring (bicyclic) bond motifs is 5. The lowest BCUT2D eigenvalue weighted by atomic mass is 9.48. The molecular formula is C32H42N2O6. The summed E-state index contributed by atoms with van der Waals surface area (Å²) in [5.74, 6) is 1.91. The number of carbonyl (C=O) groups excluding carboxylic acids is 2. The normalized spacial score (nSPS) is 32.9.